The third-order valence-corrected chi connectivity index (χ3v) is 2.26. The molecule has 2 amide bonds. The van der Waals surface area contributed by atoms with E-state index in [2.05, 4.69) is 22.5 Å². The molecule has 1 saturated carbocycles. The van der Waals surface area contributed by atoms with E-state index in [0.717, 1.165) is 18.4 Å². The first-order chi connectivity index (χ1) is 7.84. The summed E-state index contributed by atoms with van der Waals surface area (Å²) in [6.07, 6.45) is 2.20. The predicted octanol–water partition coefficient (Wildman–Crippen LogP) is 1.50. The minimum absolute atomic E-state index is 0.120. The highest BCUT2D eigenvalue weighted by Crippen LogP contribution is 2.17. The molecular formula is C13H14N2O. The molecule has 2 N–H and O–H groups in total. The number of urea groups is 1. The molecule has 2 rings (SSSR count). The van der Waals surface area contributed by atoms with Crippen molar-refractivity contribution in [2.24, 2.45) is 0 Å². The number of hydrogen-bond donors (Lipinski definition) is 2. The number of amides is 2. The second-order valence-corrected chi connectivity index (χ2v) is 3.77. The van der Waals surface area contributed by atoms with Gasteiger partial charge in [-0.3, -0.25) is 0 Å². The lowest BCUT2D eigenvalue weighted by atomic mass is 10.2. The number of carbonyl (C=O) groups is 1. The molecule has 1 aromatic carbocycles. The second kappa shape index (κ2) is 5.22. The van der Waals surface area contributed by atoms with Crippen molar-refractivity contribution in [3.8, 4) is 11.8 Å². The molecular weight excluding hydrogens is 200 g/mol. The Bertz CT molecular complexity index is 413. The molecule has 0 bridgehead atoms. The van der Waals surface area contributed by atoms with Gasteiger partial charge in [0.2, 0.25) is 0 Å². The summed E-state index contributed by atoms with van der Waals surface area (Å²) >= 11 is 0. The molecule has 0 saturated heterocycles. The summed E-state index contributed by atoms with van der Waals surface area (Å²) in [5.41, 5.74) is 0.965. The Hall–Kier alpha value is -1.95. The molecule has 0 aliphatic heterocycles. The fourth-order valence-corrected chi connectivity index (χ4v) is 1.26. The molecule has 0 heterocycles. The van der Waals surface area contributed by atoms with Gasteiger partial charge in [-0.05, 0) is 25.0 Å². The zero-order chi connectivity index (χ0) is 11.2. The highest BCUT2D eigenvalue weighted by atomic mass is 16.2. The summed E-state index contributed by atoms with van der Waals surface area (Å²) in [4.78, 5) is 11.2. The maximum Gasteiger partial charge on any atom is 0.315 e. The predicted molar refractivity (Wildman–Crippen MR) is 62.9 cm³/mol. The van der Waals surface area contributed by atoms with Gasteiger partial charge in [0.25, 0.3) is 0 Å². The fourth-order valence-electron chi connectivity index (χ4n) is 1.26. The van der Waals surface area contributed by atoms with Crippen molar-refractivity contribution in [1.29, 1.82) is 0 Å². The number of rotatable bonds is 2. The highest BCUT2D eigenvalue weighted by Gasteiger charge is 2.22. The van der Waals surface area contributed by atoms with Crippen LogP contribution in [0.2, 0.25) is 0 Å². The van der Waals surface area contributed by atoms with Crippen LogP contribution in [0.25, 0.3) is 0 Å². The van der Waals surface area contributed by atoms with Crippen LogP contribution in [-0.2, 0) is 0 Å². The number of benzene rings is 1. The first kappa shape index (κ1) is 10.6. The van der Waals surface area contributed by atoms with Crippen LogP contribution < -0.4 is 10.6 Å². The lowest BCUT2D eigenvalue weighted by Crippen LogP contribution is -2.36. The molecule has 3 heteroatoms. The van der Waals surface area contributed by atoms with Crippen molar-refractivity contribution in [1.82, 2.24) is 10.6 Å². The van der Waals surface area contributed by atoms with Crippen molar-refractivity contribution in [2.45, 2.75) is 18.9 Å². The van der Waals surface area contributed by atoms with Crippen molar-refractivity contribution in [3.63, 3.8) is 0 Å². The van der Waals surface area contributed by atoms with Crippen LogP contribution in [0.3, 0.4) is 0 Å². The van der Waals surface area contributed by atoms with Crippen LogP contribution in [0.1, 0.15) is 18.4 Å². The van der Waals surface area contributed by atoms with E-state index >= 15 is 0 Å². The van der Waals surface area contributed by atoms with Gasteiger partial charge in [0.15, 0.2) is 0 Å². The van der Waals surface area contributed by atoms with E-state index in [0.29, 0.717) is 12.6 Å². The fraction of sp³-hybridized carbons (Fsp3) is 0.308. The van der Waals surface area contributed by atoms with E-state index in [4.69, 9.17) is 0 Å². The maximum absolute atomic E-state index is 11.2. The largest absolute Gasteiger partial charge is 0.335 e. The van der Waals surface area contributed by atoms with E-state index in [1.165, 1.54) is 0 Å². The van der Waals surface area contributed by atoms with Gasteiger partial charge in [-0.15, -0.1) is 0 Å². The van der Waals surface area contributed by atoms with Gasteiger partial charge in [-0.25, -0.2) is 4.79 Å². The third-order valence-electron chi connectivity index (χ3n) is 2.26. The van der Waals surface area contributed by atoms with Gasteiger partial charge in [0.1, 0.15) is 0 Å². The van der Waals surface area contributed by atoms with Crippen molar-refractivity contribution >= 4 is 6.03 Å². The first-order valence-corrected chi connectivity index (χ1v) is 5.43. The summed E-state index contributed by atoms with van der Waals surface area (Å²) in [6.45, 7) is 0.382. The molecule has 0 unspecified atom stereocenters. The lowest BCUT2D eigenvalue weighted by Gasteiger charge is -2.01. The Morgan fingerprint density at radius 1 is 1.31 bits per heavy atom. The molecule has 16 heavy (non-hydrogen) atoms. The Morgan fingerprint density at radius 2 is 2.06 bits per heavy atom. The summed E-state index contributed by atoms with van der Waals surface area (Å²) < 4.78 is 0. The summed E-state index contributed by atoms with van der Waals surface area (Å²) in [5, 5.41) is 5.54. The molecule has 1 aliphatic carbocycles. The molecule has 1 aliphatic rings. The number of nitrogens with one attached hydrogen (secondary N) is 2. The zero-order valence-corrected chi connectivity index (χ0v) is 8.99. The van der Waals surface area contributed by atoms with E-state index in [9.17, 15) is 4.79 Å². The van der Waals surface area contributed by atoms with Crippen LogP contribution in [0.5, 0.6) is 0 Å². The van der Waals surface area contributed by atoms with E-state index in [1.807, 2.05) is 30.3 Å². The van der Waals surface area contributed by atoms with Crippen molar-refractivity contribution < 1.29 is 4.79 Å². The molecule has 1 fully saturated rings. The summed E-state index contributed by atoms with van der Waals surface area (Å²) in [6, 6.07) is 9.99. The minimum atomic E-state index is -0.120. The van der Waals surface area contributed by atoms with Gasteiger partial charge in [0.05, 0.1) is 6.54 Å². The summed E-state index contributed by atoms with van der Waals surface area (Å²) in [7, 11) is 0. The van der Waals surface area contributed by atoms with Crippen LogP contribution in [0.15, 0.2) is 30.3 Å². The standard InChI is InChI=1S/C13H14N2O/c16-13(15-12-8-9-12)14-10-4-7-11-5-2-1-3-6-11/h1-3,5-6,12H,8-10H2,(H2,14,15,16). The molecule has 0 spiro atoms. The molecule has 0 atom stereocenters. The molecule has 3 nitrogen and oxygen atoms in total. The van der Waals surface area contributed by atoms with Crippen molar-refractivity contribution in [2.75, 3.05) is 6.54 Å². The summed E-state index contributed by atoms with van der Waals surface area (Å²) in [5.74, 6) is 5.88. The quantitative estimate of drug-likeness (QED) is 0.720. The molecule has 0 aromatic heterocycles. The van der Waals surface area contributed by atoms with Gasteiger partial charge in [-0.1, -0.05) is 30.0 Å². The van der Waals surface area contributed by atoms with Gasteiger partial charge in [0, 0.05) is 11.6 Å². The number of hydrogen-bond acceptors (Lipinski definition) is 1. The Labute approximate surface area is 95.2 Å². The monoisotopic (exact) mass is 214 g/mol. The van der Waals surface area contributed by atoms with Gasteiger partial charge >= 0.3 is 6.03 Å². The van der Waals surface area contributed by atoms with E-state index in [1.54, 1.807) is 0 Å². The van der Waals surface area contributed by atoms with Gasteiger partial charge < -0.3 is 10.6 Å². The van der Waals surface area contributed by atoms with Crippen LogP contribution in [-0.4, -0.2) is 18.6 Å². The van der Waals surface area contributed by atoms with E-state index in [-0.39, 0.29) is 6.03 Å². The highest BCUT2D eigenvalue weighted by molar-refractivity contribution is 5.74. The first-order valence-electron chi connectivity index (χ1n) is 5.43. The second-order valence-electron chi connectivity index (χ2n) is 3.77. The Kier molecular flexibility index (Phi) is 3.45. The lowest BCUT2D eigenvalue weighted by molar-refractivity contribution is 0.241. The Balaban J connectivity index is 1.71. The maximum atomic E-state index is 11.2. The topological polar surface area (TPSA) is 41.1 Å². The van der Waals surface area contributed by atoms with Crippen molar-refractivity contribution in [3.05, 3.63) is 35.9 Å². The van der Waals surface area contributed by atoms with E-state index < -0.39 is 0 Å². The average Bonchev–Trinajstić information content (AvgIpc) is 3.10. The Morgan fingerprint density at radius 3 is 2.75 bits per heavy atom. The number of carbonyl (C=O) groups excluding carboxylic acids is 1. The molecule has 0 radical (unpaired) electrons. The van der Waals surface area contributed by atoms with Gasteiger partial charge in [-0.2, -0.15) is 0 Å². The average molecular weight is 214 g/mol. The van der Waals surface area contributed by atoms with Crippen LogP contribution in [0, 0.1) is 11.8 Å². The molecule has 82 valence electrons. The normalized spacial score (nSPS) is 13.5. The SMILES string of the molecule is O=C(NCC#Cc1ccccc1)NC1CC1. The molecule has 1 aromatic rings. The van der Waals surface area contributed by atoms with Crippen LogP contribution >= 0.6 is 0 Å². The smallest absolute Gasteiger partial charge is 0.315 e. The third kappa shape index (κ3) is 3.66. The minimum Gasteiger partial charge on any atom is -0.335 e. The van der Waals surface area contributed by atoms with Crippen LogP contribution in [0.4, 0.5) is 4.79 Å². The zero-order valence-electron chi connectivity index (χ0n) is 8.99.